The number of methoxy groups -OCH3 is 2. The van der Waals surface area contributed by atoms with Crippen molar-refractivity contribution in [3.63, 3.8) is 0 Å². The van der Waals surface area contributed by atoms with Gasteiger partial charge in [-0.1, -0.05) is 216 Å². The number of rotatable bonds is 15. The first-order valence-corrected chi connectivity index (χ1v) is 46.6. The number of esters is 2. The number of hydrogen-bond acceptors (Lipinski definition) is 20. The summed E-state index contributed by atoms with van der Waals surface area (Å²) in [6, 6.07) is 93.0. The Bertz CT molecular complexity index is 6550. The van der Waals surface area contributed by atoms with Crippen molar-refractivity contribution < 1.29 is 84.8 Å². The van der Waals surface area contributed by atoms with E-state index in [2.05, 4.69) is 107 Å². The molecule has 0 aliphatic carbocycles. The number of carboxylic acids is 2. The summed E-state index contributed by atoms with van der Waals surface area (Å²) >= 11 is 27.4. The summed E-state index contributed by atoms with van der Waals surface area (Å²) in [7, 11) is 2.74. The summed E-state index contributed by atoms with van der Waals surface area (Å²) in [5.41, 5.74) is 19.4. The number of benzene rings is 12. The number of anilines is 3. The van der Waals surface area contributed by atoms with Crippen molar-refractivity contribution in [3.05, 3.63) is 360 Å². The molecule has 29 heteroatoms. The predicted octanol–water partition coefficient (Wildman–Crippen LogP) is 21.9. The molecule has 12 aromatic carbocycles. The molecular formula is C108H101BrCl4FN12NaO10. The average molecular weight is 1990 g/mol. The van der Waals surface area contributed by atoms with Crippen LogP contribution < -0.4 is 49.6 Å². The van der Waals surface area contributed by atoms with Gasteiger partial charge in [0.25, 0.3) is 0 Å². The van der Waals surface area contributed by atoms with Crippen LogP contribution in [-0.2, 0) is 9.47 Å². The number of fused-ring (bicyclic) bond motifs is 4. The molecule has 0 atom stereocenters. The third-order valence-electron chi connectivity index (χ3n) is 24.2. The maximum absolute atomic E-state index is 12.0. The standard InChI is InChI=1S/C27H24ClN3O2.2C26H22ClN3O2.C16H11BrN2O2.C11H14ClN.CH3F.CH4O.Na.H2O/c1-33-27(32)21-9-12-23-24(17-21)30-26(25(29-23)20-5-3-2-4-6-20)31-15-13-19(14-16-31)18-7-10-22(28)11-8-18;2*27-21-9-6-17(7-10-21)18-12-14-30(15-13-18)25-24(19-4-2-1-3-5-19)28-22-11-8-20(26(31)32)16-23(22)29-25;1-21-16(20)11-7-8-12-13(9-11)19-15(17)14(18-12)10-5-3-2-4-6-10;12-11-3-1-9(2-4-11)10-5-7-13-8-6-10;2*1-2;;/h2-12,17,19H,13-16H2,1H3;2*1-11,16,18H,12-15H2,(H,31,32);2-9H,1H3;1-4,10,13H,5-8H2;1H3;2H,1H3;;1H2/q;;;;;;;+1;/p-1/i;;;;;1D;;;. The van der Waals surface area contributed by atoms with E-state index >= 15 is 0 Å². The Kier molecular flexibility index (Phi) is 37.8. The van der Waals surface area contributed by atoms with Crippen LogP contribution in [-0.4, -0.2) is 165 Å². The molecule has 5 N–H and O–H groups in total. The molecule has 4 saturated heterocycles. The monoisotopic (exact) mass is 1990 g/mol. The zero-order valence-corrected chi connectivity index (χ0v) is 82.6. The molecular weight excluding hydrogens is 1890 g/mol. The first-order valence-electron chi connectivity index (χ1n) is 45.0. The second kappa shape index (κ2) is 50.7. The van der Waals surface area contributed by atoms with E-state index in [-0.39, 0.29) is 58.1 Å². The van der Waals surface area contributed by atoms with Gasteiger partial charge in [-0.2, -0.15) is 0 Å². The van der Waals surface area contributed by atoms with Crippen molar-refractivity contribution in [1.82, 2.24) is 45.2 Å². The number of hydrogen-bond donors (Lipinski definition) is 4. The molecule has 4 aliphatic heterocycles. The normalized spacial score (nSPS) is 13.9. The van der Waals surface area contributed by atoms with Crippen LogP contribution >= 0.6 is 62.3 Å². The van der Waals surface area contributed by atoms with Gasteiger partial charge < -0.3 is 50.3 Å². The van der Waals surface area contributed by atoms with Gasteiger partial charge in [0.1, 0.15) is 27.4 Å². The van der Waals surface area contributed by atoms with Crippen molar-refractivity contribution in [2.45, 2.75) is 75.0 Å². The van der Waals surface area contributed by atoms with Gasteiger partial charge in [0.15, 0.2) is 17.5 Å². The van der Waals surface area contributed by atoms with Crippen LogP contribution in [0.4, 0.5) is 21.8 Å². The summed E-state index contributed by atoms with van der Waals surface area (Å²) in [5, 5.41) is 32.2. The van der Waals surface area contributed by atoms with E-state index in [4.69, 9.17) is 92.3 Å². The molecule has 0 unspecified atom stereocenters. The second-order valence-corrected chi connectivity index (χ2v) is 34.9. The summed E-state index contributed by atoms with van der Waals surface area (Å²) < 4.78 is 25.7. The molecule has 137 heavy (non-hydrogen) atoms. The van der Waals surface area contributed by atoms with Crippen molar-refractivity contribution in [2.75, 3.05) is 95.5 Å². The molecule has 0 saturated carbocycles. The van der Waals surface area contributed by atoms with Gasteiger partial charge in [0.2, 0.25) is 0 Å². The Morgan fingerprint density at radius 3 is 0.847 bits per heavy atom. The SMILES string of the molecule is CO.COC(=O)c1ccc2nc(-c3ccccc3)c(Br)nc2c1.COC(=O)c1ccc2nc(-c3ccccc3)c(N3CCC(c4ccc(Cl)cc4)CC3)nc2c1.Clc1ccc(C2CCNCC2)cc1.O=C(O)c1ccc2nc(-c3ccccc3)c(N3CCC(c4ccc(Cl)cc4)CC3)nc2c1.O=C(O)c1ccc2nc(-c3ccccc3)c(N3CCC(c4ccc(Cl)cc4)CC3)nc2c1.[2H]CF.[Na+].[OH-]. The van der Waals surface area contributed by atoms with Crippen LogP contribution in [0.5, 0.6) is 0 Å². The molecule has 16 aromatic rings. The van der Waals surface area contributed by atoms with Crippen molar-refractivity contribution in [2.24, 2.45) is 0 Å². The predicted molar refractivity (Wildman–Crippen MR) is 545 cm³/mol. The summed E-state index contributed by atoms with van der Waals surface area (Å²) in [5.74, 6) is 1.96. The number of ether oxygens (including phenoxy) is 2. The molecule has 0 bridgehead atoms. The molecule has 4 aromatic heterocycles. The molecule has 4 fully saturated rings. The van der Waals surface area contributed by atoms with E-state index in [9.17, 15) is 33.8 Å². The first-order chi connectivity index (χ1) is 66.2. The Balaban J connectivity index is 0.000000156. The molecule has 22 nitrogen and oxygen atoms in total. The van der Waals surface area contributed by atoms with Gasteiger partial charge in [0, 0.05) is 88.7 Å². The molecule has 0 radical (unpaired) electrons. The van der Waals surface area contributed by atoms with Crippen LogP contribution in [0, 0.1) is 0 Å². The van der Waals surface area contributed by atoms with Gasteiger partial charge >= 0.3 is 53.4 Å². The topological polar surface area (TPSA) is 302 Å². The minimum atomic E-state index is -1.00. The minimum Gasteiger partial charge on any atom is -0.870 e. The Labute approximate surface area is 846 Å². The molecule has 8 heterocycles. The number of carbonyl (C=O) groups excluding carboxylic acids is 2. The fourth-order valence-corrected chi connectivity index (χ4v) is 18.1. The fourth-order valence-electron chi connectivity index (χ4n) is 17.1. The number of carbonyl (C=O) groups is 4. The quantitative estimate of drug-likeness (QED) is 0.0547. The van der Waals surface area contributed by atoms with E-state index in [1.165, 1.54) is 49.3 Å². The second-order valence-electron chi connectivity index (χ2n) is 32.4. The van der Waals surface area contributed by atoms with Gasteiger partial charge in [-0.3, -0.25) is 4.39 Å². The molecule has 0 amide bonds. The van der Waals surface area contributed by atoms with Crippen LogP contribution in [0.15, 0.2) is 296 Å². The van der Waals surface area contributed by atoms with E-state index < -0.39 is 19.1 Å². The number of aromatic nitrogens is 8. The number of piperidine rings is 4. The fraction of sp³-hybridized carbons (Fsp3) is 0.222. The van der Waals surface area contributed by atoms with Gasteiger partial charge in [-0.15, -0.1) is 0 Å². The van der Waals surface area contributed by atoms with Gasteiger partial charge in [-0.05, 0) is 248 Å². The number of aliphatic hydroxyl groups excluding tert-OH is 1. The Hall–Kier alpha value is -12.3. The van der Waals surface area contributed by atoms with Crippen LogP contribution in [0.1, 0.15) is 140 Å². The molecule has 696 valence electrons. The van der Waals surface area contributed by atoms with E-state index in [0.29, 0.717) is 66.6 Å². The summed E-state index contributed by atoms with van der Waals surface area (Å²) in [6.45, 7) is 7.46. The van der Waals surface area contributed by atoms with Crippen LogP contribution in [0.3, 0.4) is 0 Å². The zero-order chi connectivity index (χ0) is 95.6. The summed E-state index contributed by atoms with van der Waals surface area (Å²) in [4.78, 5) is 92.0. The van der Waals surface area contributed by atoms with Gasteiger partial charge in [0.05, 0.1) is 89.1 Å². The van der Waals surface area contributed by atoms with Gasteiger partial charge in [-0.25, -0.2) is 59.0 Å². The number of nitrogens with one attached hydrogen (secondary N) is 1. The number of aromatic carboxylic acids is 2. The van der Waals surface area contributed by atoms with Crippen LogP contribution in [0.2, 0.25) is 20.1 Å². The maximum atomic E-state index is 12.0. The average Bonchev–Trinajstić information content (AvgIpc) is 0.777. The third-order valence-corrected chi connectivity index (χ3v) is 25.7. The van der Waals surface area contributed by atoms with Crippen molar-refractivity contribution in [3.8, 4) is 45.0 Å². The van der Waals surface area contributed by atoms with Crippen molar-refractivity contribution >= 4 is 148 Å². The number of nitrogens with zero attached hydrogens (tertiary/aromatic N) is 11. The van der Waals surface area contributed by atoms with Crippen LogP contribution in [0.25, 0.3) is 89.2 Å². The summed E-state index contributed by atoms with van der Waals surface area (Å²) in [6.07, 6.45) is 8.57. The Morgan fingerprint density at radius 1 is 0.350 bits per heavy atom. The van der Waals surface area contributed by atoms with E-state index in [0.717, 1.165) is 198 Å². The third kappa shape index (κ3) is 26.8. The number of halogens is 6. The largest absolute Gasteiger partial charge is 1.00 e. The molecule has 20 rings (SSSR count). The number of aliphatic hydroxyl groups is 1. The number of alkyl halides is 1. The molecule has 0 spiro atoms. The van der Waals surface area contributed by atoms with Crippen molar-refractivity contribution in [1.29, 1.82) is 0 Å². The smallest absolute Gasteiger partial charge is 0.870 e. The number of carboxylic acid groups (broad SMARTS) is 2. The molecule has 4 aliphatic rings. The Morgan fingerprint density at radius 2 is 0.584 bits per heavy atom. The minimum absolute atomic E-state index is 0. The van der Waals surface area contributed by atoms with E-state index in [1.807, 2.05) is 164 Å². The first kappa shape index (κ1) is 102. The zero-order valence-electron chi connectivity index (χ0n) is 77.0. The maximum Gasteiger partial charge on any atom is 1.00 e. The van der Waals surface area contributed by atoms with E-state index in [1.54, 1.807) is 66.7 Å².